The van der Waals surface area contributed by atoms with Gasteiger partial charge in [-0.15, -0.1) is 0 Å². The number of amides is 3. The van der Waals surface area contributed by atoms with Crippen molar-refractivity contribution in [3.05, 3.63) is 149 Å². The first kappa shape index (κ1) is 59.5. The zero-order valence-corrected chi connectivity index (χ0v) is 46.0. The Morgan fingerprint density at radius 2 is 1.43 bits per heavy atom. The molecule has 0 unspecified atom stereocenters. The second-order valence-electron chi connectivity index (χ2n) is 21.4. The molecule has 1 saturated heterocycles. The van der Waals surface area contributed by atoms with Crippen LogP contribution >= 0.6 is 0 Å². The van der Waals surface area contributed by atoms with Gasteiger partial charge in [0.1, 0.15) is 23.9 Å². The van der Waals surface area contributed by atoms with Gasteiger partial charge in [-0.05, 0) is 79.4 Å². The number of methoxy groups -OCH3 is 1. The van der Waals surface area contributed by atoms with Crippen molar-refractivity contribution in [3.8, 4) is 0 Å². The normalized spacial score (nSPS) is 27.2. The highest BCUT2D eigenvalue weighted by atomic mass is 16.6. The minimum Gasteiger partial charge on any atom is -0.456 e. The summed E-state index contributed by atoms with van der Waals surface area (Å²) >= 11 is 0. The molecule has 430 valence electrons. The first-order chi connectivity index (χ1) is 38.6. The largest absolute Gasteiger partial charge is 0.456 e. The number of fused-ring (bicyclic) bond motifs is 5. The molecule has 21 heteroatoms. The molecule has 11 atom stereocenters. The third-order valence-corrected chi connectivity index (χ3v) is 16.2. The number of ketones is 1. The Morgan fingerprint density at radius 3 is 2.04 bits per heavy atom. The van der Waals surface area contributed by atoms with Gasteiger partial charge >= 0.3 is 24.0 Å². The maximum absolute atomic E-state index is 16.2. The van der Waals surface area contributed by atoms with Crippen molar-refractivity contribution in [1.29, 1.82) is 0 Å². The van der Waals surface area contributed by atoms with Crippen LogP contribution in [0, 0.1) is 16.7 Å². The fraction of sp³-hybridized carbons (Fsp3) is 0.433. The van der Waals surface area contributed by atoms with E-state index in [1.54, 1.807) is 105 Å². The third kappa shape index (κ3) is 11.9. The van der Waals surface area contributed by atoms with E-state index in [9.17, 15) is 44.1 Å². The van der Waals surface area contributed by atoms with Crippen LogP contribution in [0.1, 0.15) is 98.7 Å². The first-order valence-corrected chi connectivity index (χ1v) is 26.6. The molecule has 3 aliphatic carbocycles. The lowest BCUT2D eigenvalue weighted by molar-refractivity contribution is -0.345. The van der Waals surface area contributed by atoms with Gasteiger partial charge in [-0.2, -0.15) is 5.10 Å². The number of aliphatic hydroxyl groups is 3. The molecular weight excluding hydrogens is 1050 g/mol. The lowest BCUT2D eigenvalue weighted by Crippen LogP contribution is -2.82. The molecule has 81 heavy (non-hydrogen) atoms. The van der Waals surface area contributed by atoms with E-state index in [4.69, 9.17) is 33.2 Å². The van der Waals surface area contributed by atoms with E-state index in [1.807, 2.05) is 0 Å². The first-order valence-electron chi connectivity index (χ1n) is 26.6. The van der Waals surface area contributed by atoms with Crippen LogP contribution in [-0.2, 0) is 52.3 Å². The van der Waals surface area contributed by atoms with Crippen molar-refractivity contribution in [1.82, 2.24) is 10.7 Å². The third-order valence-electron chi connectivity index (χ3n) is 16.2. The number of hydrogen-bond acceptors (Lipinski definition) is 18. The Balaban J connectivity index is 1.20. The van der Waals surface area contributed by atoms with Crippen molar-refractivity contribution >= 4 is 53.0 Å². The number of nitrogens with zero attached hydrogens (tertiary/aromatic N) is 1. The van der Waals surface area contributed by atoms with Crippen LogP contribution in [0.2, 0.25) is 0 Å². The quantitative estimate of drug-likeness (QED) is 0.0173. The van der Waals surface area contributed by atoms with Gasteiger partial charge in [0.25, 0.3) is 5.91 Å². The molecule has 0 aromatic heterocycles. The van der Waals surface area contributed by atoms with Crippen molar-refractivity contribution in [3.63, 3.8) is 0 Å². The molecule has 8 rings (SSSR count). The average molecular weight is 1120 g/mol. The van der Waals surface area contributed by atoms with Crippen LogP contribution in [0.15, 0.2) is 132 Å². The van der Waals surface area contributed by atoms with Gasteiger partial charge in [-0.25, -0.2) is 19.8 Å². The Morgan fingerprint density at radius 1 is 0.802 bits per heavy atom. The maximum atomic E-state index is 16.2. The van der Waals surface area contributed by atoms with Gasteiger partial charge in [-0.1, -0.05) is 92.7 Å². The lowest BCUT2D eigenvalue weighted by atomic mass is 9.44. The van der Waals surface area contributed by atoms with Gasteiger partial charge in [0.2, 0.25) is 5.91 Å². The monoisotopic (exact) mass is 1120 g/mol. The summed E-state index contributed by atoms with van der Waals surface area (Å²) in [7, 11) is 1.54. The molecule has 4 aromatic rings. The number of hydrazone groups is 1. The minimum atomic E-state index is -2.51. The van der Waals surface area contributed by atoms with Crippen molar-refractivity contribution in [2.75, 3.05) is 38.9 Å². The summed E-state index contributed by atoms with van der Waals surface area (Å²) < 4.78 is 41.4. The van der Waals surface area contributed by atoms with Crippen LogP contribution in [0.25, 0.3) is 0 Å². The second kappa shape index (κ2) is 24.6. The molecule has 2 bridgehead atoms. The zero-order valence-electron chi connectivity index (χ0n) is 46.0. The number of rotatable bonds is 19. The number of benzene rings is 4. The Labute approximate surface area is 468 Å². The van der Waals surface area contributed by atoms with E-state index >= 15 is 4.79 Å². The average Bonchev–Trinajstić information content (AvgIpc) is 2.50. The second-order valence-corrected chi connectivity index (χ2v) is 21.4. The Bertz CT molecular complexity index is 3050. The number of nitrogens with one attached hydrogen (secondary N) is 3. The van der Waals surface area contributed by atoms with E-state index in [-0.39, 0.29) is 59.9 Å². The molecule has 3 fully saturated rings. The predicted molar refractivity (Wildman–Crippen MR) is 290 cm³/mol. The smallest absolute Gasteiger partial charge is 0.412 e. The number of ether oxygens (including phenoxy) is 7. The highest BCUT2D eigenvalue weighted by Gasteiger charge is 2.78. The summed E-state index contributed by atoms with van der Waals surface area (Å²) in [4.78, 5) is 99.3. The fourth-order valence-electron chi connectivity index (χ4n) is 11.7. The van der Waals surface area contributed by atoms with Crippen molar-refractivity contribution < 1.29 is 82.0 Å². The van der Waals surface area contributed by atoms with E-state index in [1.165, 1.54) is 52.0 Å². The predicted octanol–water partition coefficient (Wildman–Crippen LogP) is 5.31. The van der Waals surface area contributed by atoms with Gasteiger partial charge in [0.05, 0.1) is 67.6 Å². The molecule has 3 amide bonds. The van der Waals surface area contributed by atoms with E-state index in [2.05, 4.69) is 21.2 Å². The van der Waals surface area contributed by atoms with Crippen LogP contribution in [0.3, 0.4) is 0 Å². The molecular formula is C60H68N4O17. The lowest BCUT2D eigenvalue weighted by Gasteiger charge is -2.67. The van der Waals surface area contributed by atoms with Gasteiger partial charge in [0, 0.05) is 43.5 Å². The zero-order chi connectivity index (χ0) is 58.4. The van der Waals surface area contributed by atoms with E-state index in [0.717, 1.165) is 6.92 Å². The number of hydrogen-bond donors (Lipinski definition) is 6. The highest BCUT2D eigenvalue weighted by Crippen LogP contribution is 2.64. The molecule has 4 aromatic carbocycles. The number of esters is 3. The molecule has 21 nitrogen and oxygen atoms in total. The van der Waals surface area contributed by atoms with Crippen LogP contribution < -0.4 is 16.1 Å². The van der Waals surface area contributed by atoms with Crippen molar-refractivity contribution in [2.24, 2.45) is 21.8 Å². The Kier molecular flexibility index (Phi) is 18.1. The summed E-state index contributed by atoms with van der Waals surface area (Å²) in [5.74, 6) is -6.71. The van der Waals surface area contributed by atoms with Crippen molar-refractivity contribution in [2.45, 2.75) is 115 Å². The molecule has 2 saturated carbocycles. The fourth-order valence-corrected chi connectivity index (χ4v) is 11.7. The SMILES string of the molecule is COCCOCCC(=O)N/N=C(/C)c1ccc(NC(=O)O[C@H]2C(=O)[C@@]3(C)[C@H]([C@H](OC(=O)c4ccccc4)[C@@]4(O)C[C@H](OC(=O)[C@H](O)[C@@H](NC(=O)c5ccccc5)c5ccccc5)C(C)=C2C4(C)C)[C@]2(OC(C)=O)CO[C@@H]2C[C@@H]3O)cc1. The van der Waals surface area contributed by atoms with Gasteiger partial charge < -0.3 is 53.8 Å². The number of anilines is 1. The number of aliphatic hydroxyl groups excluding tert-OH is 2. The summed E-state index contributed by atoms with van der Waals surface area (Å²) in [6.45, 7) is 9.25. The summed E-state index contributed by atoms with van der Waals surface area (Å²) in [5, 5.41) is 48.1. The topological polar surface area (TPSA) is 293 Å². The van der Waals surface area contributed by atoms with Crippen LogP contribution in [-0.4, -0.2) is 144 Å². The Hall–Kier alpha value is -7.66. The standard InChI is InChI=1S/C60H68N4O17/c1-34-42(78-55(72)48(68)47(38-17-11-8-12-18-38)62-53(70)39-19-13-9-14-20-39)32-60(74)52(80-54(71)40-21-15-10-16-22-40)50-58(6,43(66)31-44-59(50,33-77-44)81-36(3)65)51(69)49(46(34)57(60,4)5)79-56(73)61-41-25-23-37(24-26-41)35(2)63-64-45(67)27-28-76-30-29-75-7/h8-26,42-44,47-50,52,66,68,74H,27-33H2,1-7H3,(H,61,73)(H,62,70)(H,64,67)/b63-35-/t42-,43-,44+,47-,48+,49+,50-,52-,58+,59-,60-/m0/s1. The van der Waals surface area contributed by atoms with Gasteiger partial charge in [-0.3, -0.25) is 24.5 Å². The van der Waals surface area contributed by atoms with Crippen LogP contribution in [0.5, 0.6) is 0 Å². The minimum absolute atomic E-state index is 0.0300. The molecule has 0 radical (unpaired) electrons. The van der Waals surface area contributed by atoms with Crippen LogP contribution in [0.4, 0.5) is 10.5 Å². The molecule has 1 aliphatic heterocycles. The summed E-state index contributed by atoms with van der Waals surface area (Å²) in [6, 6.07) is 29.0. The van der Waals surface area contributed by atoms with E-state index < -0.39 is 113 Å². The van der Waals surface area contributed by atoms with E-state index in [0.29, 0.717) is 30.1 Å². The molecule has 1 heterocycles. The molecule has 4 aliphatic rings. The highest BCUT2D eigenvalue weighted by molar-refractivity contribution is 6.00. The molecule has 0 spiro atoms. The number of carbonyl (C=O) groups is 7. The summed E-state index contributed by atoms with van der Waals surface area (Å²) in [5.41, 5.74) is -4.15. The summed E-state index contributed by atoms with van der Waals surface area (Å²) in [6.07, 6.45) is -12.4. The maximum Gasteiger partial charge on any atom is 0.412 e. The molecule has 6 N–H and O–H groups in total. The van der Waals surface area contributed by atoms with Gasteiger partial charge in [0.15, 0.2) is 23.6 Å². The number of carbonyl (C=O) groups excluding carboxylic acids is 7. The number of Topliss-reactive ketones (excluding diaryl/α,β-unsaturated/α-hetero) is 1.